The number of carbonyl (C=O) groups excluding carboxylic acids is 3. The van der Waals surface area contributed by atoms with Crippen LogP contribution in [0.25, 0.3) is 0 Å². The molecule has 1 amide bonds. The van der Waals surface area contributed by atoms with Crippen molar-refractivity contribution in [1.29, 1.82) is 0 Å². The van der Waals surface area contributed by atoms with Crippen LogP contribution in [0.1, 0.15) is 52.9 Å². The lowest BCUT2D eigenvalue weighted by molar-refractivity contribution is -0.134. The summed E-state index contributed by atoms with van der Waals surface area (Å²) in [4.78, 5) is 37.7. The highest BCUT2D eigenvalue weighted by molar-refractivity contribution is 6.04. The summed E-state index contributed by atoms with van der Waals surface area (Å²) in [6, 6.07) is 0. The molecule has 2 aliphatic rings. The summed E-state index contributed by atoms with van der Waals surface area (Å²) in [6.07, 6.45) is 3.07. The van der Waals surface area contributed by atoms with Gasteiger partial charge in [-0.1, -0.05) is 0 Å². The number of rotatable bonds is 2. The molecule has 0 N–H and O–H groups in total. The standard InChI is InChI=1S/C16H25NO4/c1-16(2,3)21-15(20)17-9-7-11(8-10-17)14(19)12-5-4-6-13(12)18/h11-12H,4-10H2,1-3H3. The minimum Gasteiger partial charge on any atom is -0.444 e. The fraction of sp³-hybridized carbons (Fsp3) is 0.812. The minimum atomic E-state index is -0.500. The minimum absolute atomic E-state index is 0.0734. The molecule has 0 aromatic heterocycles. The van der Waals surface area contributed by atoms with E-state index in [1.165, 1.54) is 0 Å². The van der Waals surface area contributed by atoms with Crippen LogP contribution in [0.4, 0.5) is 4.79 Å². The van der Waals surface area contributed by atoms with Crippen molar-refractivity contribution in [2.24, 2.45) is 11.8 Å². The fourth-order valence-corrected chi connectivity index (χ4v) is 3.07. The summed E-state index contributed by atoms with van der Waals surface area (Å²) in [6.45, 7) is 6.59. The van der Waals surface area contributed by atoms with E-state index in [0.717, 1.165) is 6.42 Å². The summed E-state index contributed by atoms with van der Waals surface area (Å²) in [5, 5.41) is 0. The van der Waals surface area contributed by atoms with Gasteiger partial charge in [0.15, 0.2) is 0 Å². The molecule has 0 aromatic rings. The van der Waals surface area contributed by atoms with Gasteiger partial charge in [-0.15, -0.1) is 0 Å². The van der Waals surface area contributed by atoms with E-state index < -0.39 is 5.60 Å². The first-order chi connectivity index (χ1) is 9.78. The Morgan fingerprint density at radius 3 is 2.24 bits per heavy atom. The topological polar surface area (TPSA) is 63.7 Å². The van der Waals surface area contributed by atoms with Crippen molar-refractivity contribution < 1.29 is 19.1 Å². The number of ketones is 2. The second-order valence-electron chi connectivity index (χ2n) is 7.06. The van der Waals surface area contributed by atoms with Crippen molar-refractivity contribution in [2.45, 2.75) is 58.5 Å². The van der Waals surface area contributed by atoms with Gasteiger partial charge in [-0.3, -0.25) is 9.59 Å². The number of hydrogen-bond donors (Lipinski definition) is 0. The molecule has 2 rings (SSSR count). The van der Waals surface area contributed by atoms with E-state index in [-0.39, 0.29) is 29.5 Å². The molecule has 1 aliphatic heterocycles. The zero-order chi connectivity index (χ0) is 15.6. The number of likely N-dealkylation sites (tertiary alicyclic amines) is 1. The van der Waals surface area contributed by atoms with Gasteiger partial charge in [-0.05, 0) is 46.5 Å². The van der Waals surface area contributed by atoms with Crippen LogP contribution in [0, 0.1) is 11.8 Å². The highest BCUT2D eigenvalue weighted by Gasteiger charge is 2.37. The molecule has 0 radical (unpaired) electrons. The average Bonchev–Trinajstić information content (AvgIpc) is 2.82. The van der Waals surface area contributed by atoms with Crippen LogP contribution in [0.2, 0.25) is 0 Å². The molecule has 5 heteroatoms. The molecule has 0 spiro atoms. The molecule has 21 heavy (non-hydrogen) atoms. The third kappa shape index (κ3) is 4.05. The molecule has 1 atom stereocenters. The number of carbonyl (C=O) groups is 3. The van der Waals surface area contributed by atoms with Crippen LogP contribution in [0.5, 0.6) is 0 Å². The van der Waals surface area contributed by atoms with Gasteiger partial charge in [-0.25, -0.2) is 4.79 Å². The molecule has 5 nitrogen and oxygen atoms in total. The van der Waals surface area contributed by atoms with Gasteiger partial charge in [0.25, 0.3) is 0 Å². The molecule has 1 aliphatic carbocycles. The van der Waals surface area contributed by atoms with Crippen molar-refractivity contribution in [3.63, 3.8) is 0 Å². The molecule has 1 saturated carbocycles. The molecule has 1 saturated heterocycles. The smallest absolute Gasteiger partial charge is 0.410 e. The first-order valence-corrected chi connectivity index (χ1v) is 7.82. The van der Waals surface area contributed by atoms with Crippen molar-refractivity contribution in [3.05, 3.63) is 0 Å². The largest absolute Gasteiger partial charge is 0.444 e. The quantitative estimate of drug-likeness (QED) is 0.734. The Kier molecular flexibility index (Phi) is 4.69. The van der Waals surface area contributed by atoms with Crippen LogP contribution in [-0.4, -0.2) is 41.3 Å². The Hall–Kier alpha value is -1.39. The maximum Gasteiger partial charge on any atom is 0.410 e. The van der Waals surface area contributed by atoms with Crippen LogP contribution in [0.3, 0.4) is 0 Å². The zero-order valence-corrected chi connectivity index (χ0v) is 13.2. The predicted octanol–water partition coefficient (Wildman–Crippen LogP) is 2.57. The van der Waals surface area contributed by atoms with Gasteiger partial charge >= 0.3 is 6.09 Å². The summed E-state index contributed by atoms with van der Waals surface area (Å²) < 4.78 is 5.34. The average molecular weight is 295 g/mol. The molecule has 0 bridgehead atoms. The van der Waals surface area contributed by atoms with Gasteiger partial charge < -0.3 is 9.64 Å². The number of ether oxygens (including phenoxy) is 1. The second-order valence-corrected chi connectivity index (χ2v) is 7.06. The fourth-order valence-electron chi connectivity index (χ4n) is 3.07. The Labute approximate surface area is 126 Å². The third-order valence-electron chi connectivity index (χ3n) is 4.20. The first kappa shape index (κ1) is 16.0. The molecule has 1 unspecified atom stereocenters. The molecule has 0 aromatic carbocycles. The van der Waals surface area contributed by atoms with E-state index in [9.17, 15) is 14.4 Å². The Morgan fingerprint density at radius 2 is 1.76 bits per heavy atom. The van der Waals surface area contributed by atoms with Gasteiger partial charge in [0.1, 0.15) is 17.2 Å². The summed E-state index contributed by atoms with van der Waals surface area (Å²) in [5.41, 5.74) is -0.500. The first-order valence-electron chi connectivity index (χ1n) is 7.82. The molecule has 2 fully saturated rings. The van der Waals surface area contributed by atoms with E-state index in [0.29, 0.717) is 38.8 Å². The normalized spacial score (nSPS) is 24.2. The van der Waals surface area contributed by atoms with Crippen molar-refractivity contribution >= 4 is 17.7 Å². The lowest BCUT2D eigenvalue weighted by Gasteiger charge is -2.33. The molecule has 1 heterocycles. The highest BCUT2D eigenvalue weighted by Crippen LogP contribution is 2.29. The van der Waals surface area contributed by atoms with Crippen molar-refractivity contribution in [1.82, 2.24) is 4.90 Å². The number of nitrogens with zero attached hydrogens (tertiary/aromatic N) is 1. The predicted molar refractivity (Wildman–Crippen MR) is 77.9 cm³/mol. The zero-order valence-electron chi connectivity index (χ0n) is 13.2. The van der Waals surface area contributed by atoms with Crippen LogP contribution in [0.15, 0.2) is 0 Å². The lowest BCUT2D eigenvalue weighted by atomic mass is 9.85. The highest BCUT2D eigenvalue weighted by atomic mass is 16.6. The Morgan fingerprint density at radius 1 is 1.14 bits per heavy atom. The van der Waals surface area contributed by atoms with Gasteiger partial charge in [-0.2, -0.15) is 0 Å². The number of piperidine rings is 1. The van der Waals surface area contributed by atoms with Crippen LogP contribution < -0.4 is 0 Å². The summed E-state index contributed by atoms with van der Waals surface area (Å²) in [7, 11) is 0. The number of hydrogen-bond acceptors (Lipinski definition) is 4. The molecular formula is C16H25NO4. The molecular weight excluding hydrogens is 270 g/mol. The maximum absolute atomic E-state index is 12.4. The van der Waals surface area contributed by atoms with Crippen LogP contribution in [-0.2, 0) is 14.3 Å². The second kappa shape index (κ2) is 6.16. The summed E-state index contributed by atoms with van der Waals surface area (Å²) in [5.74, 6) is -0.241. The van der Waals surface area contributed by atoms with Gasteiger partial charge in [0.2, 0.25) is 0 Å². The van der Waals surface area contributed by atoms with E-state index in [4.69, 9.17) is 4.74 Å². The van der Waals surface area contributed by atoms with E-state index in [2.05, 4.69) is 0 Å². The Bertz CT molecular complexity index is 430. The van der Waals surface area contributed by atoms with Gasteiger partial charge in [0.05, 0.1) is 5.92 Å². The number of Topliss-reactive ketones (excluding diaryl/α,β-unsaturated/α-hetero) is 2. The van der Waals surface area contributed by atoms with E-state index in [1.807, 2.05) is 20.8 Å². The monoisotopic (exact) mass is 295 g/mol. The van der Waals surface area contributed by atoms with Crippen LogP contribution >= 0.6 is 0 Å². The van der Waals surface area contributed by atoms with Crippen molar-refractivity contribution in [3.8, 4) is 0 Å². The lowest BCUT2D eigenvalue weighted by Crippen LogP contribution is -2.44. The molecule has 118 valence electrons. The SMILES string of the molecule is CC(C)(C)OC(=O)N1CCC(C(=O)C2CCCC2=O)CC1. The van der Waals surface area contributed by atoms with E-state index >= 15 is 0 Å². The van der Waals surface area contributed by atoms with Crippen molar-refractivity contribution in [2.75, 3.05) is 13.1 Å². The van der Waals surface area contributed by atoms with E-state index in [1.54, 1.807) is 4.90 Å². The van der Waals surface area contributed by atoms with Gasteiger partial charge in [0, 0.05) is 25.4 Å². The third-order valence-corrected chi connectivity index (χ3v) is 4.20. The Balaban J connectivity index is 1.84. The summed E-state index contributed by atoms with van der Waals surface area (Å²) >= 11 is 0. The maximum atomic E-state index is 12.4. The number of amides is 1.